The van der Waals surface area contributed by atoms with Crippen molar-refractivity contribution in [2.24, 2.45) is 0 Å². The highest BCUT2D eigenvalue weighted by molar-refractivity contribution is 5.74. The van der Waals surface area contributed by atoms with E-state index in [0.717, 1.165) is 11.8 Å². The lowest BCUT2D eigenvalue weighted by molar-refractivity contribution is 0.0667. The van der Waals surface area contributed by atoms with Gasteiger partial charge in [0, 0.05) is 19.0 Å². The minimum atomic E-state index is -2.70. The van der Waals surface area contributed by atoms with Gasteiger partial charge in [-0.1, -0.05) is 30.3 Å². The summed E-state index contributed by atoms with van der Waals surface area (Å²) in [6.07, 6.45) is 2.75. The van der Waals surface area contributed by atoms with Gasteiger partial charge in [-0.05, 0) is 12.0 Å². The van der Waals surface area contributed by atoms with Crippen molar-refractivity contribution in [2.45, 2.75) is 25.6 Å². The SMILES string of the molecule is O=C(NCc1nccn1C(F)F)N[C@H](CCO)c1ccccc1. The van der Waals surface area contributed by atoms with Crippen molar-refractivity contribution in [1.29, 1.82) is 0 Å². The van der Waals surface area contributed by atoms with Crippen LogP contribution in [-0.2, 0) is 6.54 Å². The lowest BCUT2D eigenvalue weighted by Gasteiger charge is -2.18. The molecule has 1 aromatic heterocycles. The molecule has 124 valence electrons. The number of hydrogen-bond donors (Lipinski definition) is 3. The number of nitrogens with one attached hydrogen (secondary N) is 2. The summed E-state index contributed by atoms with van der Waals surface area (Å²) in [5.74, 6) is 0.0635. The molecule has 0 aliphatic heterocycles. The summed E-state index contributed by atoms with van der Waals surface area (Å²) < 4.78 is 26.1. The third kappa shape index (κ3) is 4.75. The largest absolute Gasteiger partial charge is 0.396 e. The Labute approximate surface area is 132 Å². The van der Waals surface area contributed by atoms with Crippen LogP contribution in [0.15, 0.2) is 42.7 Å². The van der Waals surface area contributed by atoms with Gasteiger partial charge in [-0.2, -0.15) is 8.78 Å². The van der Waals surface area contributed by atoms with E-state index >= 15 is 0 Å². The summed E-state index contributed by atoms with van der Waals surface area (Å²) in [7, 11) is 0. The van der Waals surface area contributed by atoms with Gasteiger partial charge in [-0.25, -0.2) is 9.78 Å². The van der Waals surface area contributed by atoms with Gasteiger partial charge in [0.1, 0.15) is 5.82 Å². The van der Waals surface area contributed by atoms with Gasteiger partial charge in [0.25, 0.3) is 0 Å². The highest BCUT2D eigenvalue weighted by Crippen LogP contribution is 2.16. The summed E-state index contributed by atoms with van der Waals surface area (Å²) >= 11 is 0. The van der Waals surface area contributed by atoms with E-state index in [1.807, 2.05) is 30.3 Å². The van der Waals surface area contributed by atoms with E-state index < -0.39 is 12.6 Å². The second kappa shape index (κ2) is 8.23. The number of alkyl halides is 2. The summed E-state index contributed by atoms with van der Waals surface area (Å²) in [6, 6.07) is 8.31. The highest BCUT2D eigenvalue weighted by Gasteiger charge is 2.15. The third-order valence-electron chi connectivity index (χ3n) is 3.29. The molecule has 2 rings (SSSR count). The molecule has 8 heteroatoms. The molecule has 1 heterocycles. The van der Waals surface area contributed by atoms with E-state index in [1.165, 1.54) is 6.20 Å². The molecule has 0 saturated carbocycles. The lowest BCUT2D eigenvalue weighted by atomic mass is 10.0. The molecule has 0 unspecified atom stereocenters. The van der Waals surface area contributed by atoms with Crippen LogP contribution in [0.1, 0.15) is 30.4 Å². The Balaban J connectivity index is 1.93. The molecule has 0 bridgehead atoms. The Morgan fingerprint density at radius 2 is 2.04 bits per heavy atom. The number of aliphatic hydroxyl groups is 1. The molecule has 0 fully saturated rings. The van der Waals surface area contributed by atoms with Crippen LogP contribution in [0, 0.1) is 0 Å². The summed E-state index contributed by atoms with van der Waals surface area (Å²) in [5.41, 5.74) is 0.853. The molecular weight excluding hydrogens is 306 g/mol. The van der Waals surface area contributed by atoms with Gasteiger partial charge >= 0.3 is 12.6 Å². The topological polar surface area (TPSA) is 79.2 Å². The van der Waals surface area contributed by atoms with Gasteiger partial charge < -0.3 is 15.7 Å². The van der Waals surface area contributed by atoms with Crippen molar-refractivity contribution in [2.75, 3.05) is 6.61 Å². The Kier molecular flexibility index (Phi) is 6.04. The maximum atomic E-state index is 12.7. The number of halogens is 2. The number of aliphatic hydroxyl groups excluding tert-OH is 1. The zero-order chi connectivity index (χ0) is 16.7. The van der Waals surface area contributed by atoms with Crippen molar-refractivity contribution in [3.63, 3.8) is 0 Å². The molecule has 2 amide bonds. The number of aromatic nitrogens is 2. The lowest BCUT2D eigenvalue weighted by Crippen LogP contribution is -2.38. The molecule has 0 aliphatic carbocycles. The van der Waals surface area contributed by atoms with Gasteiger partial charge in [0.05, 0.1) is 12.6 Å². The Morgan fingerprint density at radius 1 is 1.30 bits per heavy atom. The van der Waals surface area contributed by atoms with Crippen LogP contribution < -0.4 is 10.6 Å². The van der Waals surface area contributed by atoms with Gasteiger partial charge in [0.15, 0.2) is 0 Å². The van der Waals surface area contributed by atoms with Crippen LogP contribution in [-0.4, -0.2) is 27.3 Å². The first-order valence-corrected chi connectivity index (χ1v) is 7.12. The van der Waals surface area contributed by atoms with Crippen LogP contribution in [0.5, 0.6) is 0 Å². The quantitative estimate of drug-likeness (QED) is 0.730. The second-order valence-electron chi connectivity index (χ2n) is 4.83. The van der Waals surface area contributed by atoms with Gasteiger partial charge in [-0.3, -0.25) is 4.57 Å². The first-order valence-electron chi connectivity index (χ1n) is 7.12. The fourth-order valence-electron chi connectivity index (χ4n) is 2.16. The molecule has 0 radical (unpaired) electrons. The van der Waals surface area contributed by atoms with E-state index in [2.05, 4.69) is 15.6 Å². The molecule has 6 nitrogen and oxygen atoms in total. The number of carbonyl (C=O) groups excluding carboxylic acids is 1. The van der Waals surface area contributed by atoms with Crippen molar-refractivity contribution >= 4 is 6.03 Å². The molecule has 23 heavy (non-hydrogen) atoms. The molecule has 0 saturated heterocycles. The number of hydrogen-bond acceptors (Lipinski definition) is 3. The van der Waals surface area contributed by atoms with E-state index in [4.69, 9.17) is 5.11 Å². The standard InChI is InChI=1S/C15H18F2N4O2/c16-14(17)21-8-7-18-13(21)10-19-15(23)20-12(6-9-22)11-4-2-1-3-5-11/h1-5,7-8,12,14,22H,6,9-10H2,(H2,19,20,23)/t12-/m1/s1. The second-order valence-corrected chi connectivity index (χ2v) is 4.83. The van der Waals surface area contributed by atoms with Gasteiger partial charge in [-0.15, -0.1) is 0 Å². The zero-order valence-electron chi connectivity index (χ0n) is 12.3. The van der Waals surface area contributed by atoms with Crippen LogP contribution in [0.2, 0.25) is 0 Å². The maximum absolute atomic E-state index is 12.7. The number of imidazole rings is 1. The summed E-state index contributed by atoms with van der Waals surface area (Å²) in [6.45, 7) is -2.91. The predicted octanol–water partition coefficient (Wildman–Crippen LogP) is 2.20. The minimum Gasteiger partial charge on any atom is -0.396 e. The minimum absolute atomic E-state index is 0.0635. The number of rotatable bonds is 7. The van der Waals surface area contributed by atoms with E-state index in [0.29, 0.717) is 11.0 Å². The number of nitrogens with zero attached hydrogens (tertiary/aromatic N) is 2. The smallest absolute Gasteiger partial charge is 0.319 e. The number of amides is 2. The van der Waals surface area contributed by atoms with Crippen molar-refractivity contribution < 1.29 is 18.7 Å². The number of carbonyl (C=O) groups is 1. The molecule has 1 aromatic carbocycles. The first kappa shape index (κ1) is 16.9. The van der Waals surface area contributed by atoms with E-state index in [1.54, 1.807) is 0 Å². The molecule has 3 N–H and O–H groups in total. The number of urea groups is 1. The van der Waals surface area contributed by atoms with E-state index in [-0.39, 0.29) is 25.0 Å². The van der Waals surface area contributed by atoms with Crippen LogP contribution in [0.4, 0.5) is 13.6 Å². The van der Waals surface area contributed by atoms with Crippen LogP contribution >= 0.6 is 0 Å². The Morgan fingerprint density at radius 3 is 2.70 bits per heavy atom. The average molecular weight is 324 g/mol. The molecule has 0 aliphatic rings. The number of benzene rings is 1. The van der Waals surface area contributed by atoms with Crippen LogP contribution in [0.25, 0.3) is 0 Å². The van der Waals surface area contributed by atoms with E-state index in [9.17, 15) is 13.6 Å². The van der Waals surface area contributed by atoms with Crippen molar-refractivity contribution in [3.8, 4) is 0 Å². The normalized spacial score (nSPS) is 12.2. The third-order valence-corrected chi connectivity index (χ3v) is 3.29. The highest BCUT2D eigenvalue weighted by atomic mass is 19.3. The molecule has 1 atom stereocenters. The molecule has 2 aromatic rings. The van der Waals surface area contributed by atoms with Crippen LogP contribution in [0.3, 0.4) is 0 Å². The van der Waals surface area contributed by atoms with Crippen molar-refractivity contribution in [1.82, 2.24) is 20.2 Å². The summed E-state index contributed by atoms with van der Waals surface area (Å²) in [5, 5.41) is 14.3. The molecule has 0 spiro atoms. The fraction of sp³-hybridized carbons (Fsp3) is 0.333. The molecular formula is C15H18F2N4O2. The first-order chi connectivity index (χ1) is 11.1. The van der Waals surface area contributed by atoms with Gasteiger partial charge in [0.2, 0.25) is 0 Å². The Bertz CT molecular complexity index is 619. The van der Waals surface area contributed by atoms with Crippen molar-refractivity contribution in [3.05, 3.63) is 54.1 Å². The fourth-order valence-corrected chi connectivity index (χ4v) is 2.16. The predicted molar refractivity (Wildman–Crippen MR) is 79.7 cm³/mol. The monoisotopic (exact) mass is 324 g/mol. The average Bonchev–Trinajstić information content (AvgIpc) is 3.02. The zero-order valence-corrected chi connectivity index (χ0v) is 12.3. The maximum Gasteiger partial charge on any atom is 0.319 e. The Hall–Kier alpha value is -2.48. The summed E-state index contributed by atoms with van der Waals surface area (Å²) in [4.78, 5) is 15.7.